The average Bonchev–Trinajstić information content (AvgIpc) is 2.79. The molecular weight excluding hydrogens is 450 g/mol. The molecule has 0 aliphatic heterocycles. The van der Waals surface area contributed by atoms with Gasteiger partial charge in [0.1, 0.15) is 18.1 Å². The van der Waals surface area contributed by atoms with Crippen LogP contribution in [0.1, 0.15) is 52.5 Å². The minimum absolute atomic E-state index is 0.237. The lowest BCUT2D eigenvalue weighted by atomic mass is 9.98. The van der Waals surface area contributed by atoms with E-state index in [-0.39, 0.29) is 18.3 Å². The van der Waals surface area contributed by atoms with Crippen molar-refractivity contribution in [3.8, 4) is 0 Å². The van der Waals surface area contributed by atoms with Crippen LogP contribution in [0, 0.1) is 11.8 Å². The molecule has 0 saturated carbocycles. The molecule has 0 heterocycles. The number of nitrogens with one attached hydrogen (secondary N) is 3. The number of carbonyl (C=O) groups is 4. The van der Waals surface area contributed by atoms with E-state index in [0.717, 1.165) is 5.56 Å². The molecule has 1 rings (SSSR count). The number of amides is 3. The highest BCUT2D eigenvalue weighted by atomic mass is 16.4. The lowest BCUT2D eigenvalue weighted by molar-refractivity contribution is -0.143. The Kier molecular flexibility index (Phi) is 13.0. The molecule has 10 nitrogen and oxygen atoms in total. The van der Waals surface area contributed by atoms with Gasteiger partial charge < -0.3 is 32.5 Å². The Morgan fingerprint density at radius 2 is 1.34 bits per heavy atom. The second-order valence-electron chi connectivity index (χ2n) is 9.44. The first-order chi connectivity index (χ1) is 16.5. The van der Waals surface area contributed by atoms with Crippen LogP contribution < -0.4 is 27.4 Å². The van der Waals surface area contributed by atoms with Crippen molar-refractivity contribution in [1.82, 2.24) is 16.0 Å². The lowest BCUT2D eigenvalue weighted by Gasteiger charge is -2.28. The second kappa shape index (κ2) is 15.1. The van der Waals surface area contributed by atoms with E-state index in [4.69, 9.17) is 11.5 Å². The van der Waals surface area contributed by atoms with E-state index in [9.17, 15) is 24.3 Å². The van der Waals surface area contributed by atoms with E-state index < -0.39 is 47.9 Å². The molecule has 0 aliphatic carbocycles. The Morgan fingerprint density at radius 3 is 1.83 bits per heavy atom. The van der Waals surface area contributed by atoms with Gasteiger partial charge in [-0.3, -0.25) is 14.4 Å². The fourth-order valence-corrected chi connectivity index (χ4v) is 3.55. The maximum atomic E-state index is 13.1. The molecule has 4 atom stereocenters. The van der Waals surface area contributed by atoms with Crippen molar-refractivity contribution in [2.24, 2.45) is 23.3 Å². The molecule has 196 valence electrons. The van der Waals surface area contributed by atoms with Gasteiger partial charge in [-0.15, -0.1) is 0 Å². The zero-order valence-electron chi connectivity index (χ0n) is 21.1. The smallest absolute Gasteiger partial charge is 0.326 e. The van der Waals surface area contributed by atoms with Crippen LogP contribution in [0.2, 0.25) is 0 Å². The third-order valence-corrected chi connectivity index (χ3v) is 5.69. The molecule has 4 unspecified atom stereocenters. The number of unbranched alkanes of at least 4 members (excludes halogenated alkanes) is 1. The third-order valence-electron chi connectivity index (χ3n) is 5.69. The molecular formula is C25H41N5O5. The molecule has 0 bridgehead atoms. The predicted molar refractivity (Wildman–Crippen MR) is 134 cm³/mol. The summed E-state index contributed by atoms with van der Waals surface area (Å²) in [5.41, 5.74) is 12.4. The molecule has 1 aromatic rings. The Bertz CT molecular complexity index is 831. The minimum atomic E-state index is -1.15. The molecule has 3 amide bonds. The summed E-state index contributed by atoms with van der Waals surface area (Å²) < 4.78 is 0. The number of carboxylic acid groups (broad SMARTS) is 1. The Morgan fingerprint density at radius 1 is 0.829 bits per heavy atom. The number of hydrogen-bond donors (Lipinski definition) is 6. The van der Waals surface area contributed by atoms with E-state index in [1.54, 1.807) is 27.7 Å². The quantitative estimate of drug-likeness (QED) is 0.194. The zero-order chi connectivity index (χ0) is 26.5. The van der Waals surface area contributed by atoms with Crippen LogP contribution in [0.4, 0.5) is 0 Å². The summed E-state index contributed by atoms with van der Waals surface area (Å²) >= 11 is 0. The van der Waals surface area contributed by atoms with Gasteiger partial charge >= 0.3 is 5.97 Å². The first-order valence-corrected chi connectivity index (χ1v) is 12.1. The lowest BCUT2D eigenvalue weighted by Crippen LogP contribution is -2.59. The molecule has 0 spiro atoms. The van der Waals surface area contributed by atoms with Crippen LogP contribution in [-0.2, 0) is 25.6 Å². The maximum absolute atomic E-state index is 13.1. The average molecular weight is 492 g/mol. The Balaban J connectivity index is 2.85. The number of carbonyl (C=O) groups excluding carboxylic acids is 3. The highest BCUT2D eigenvalue weighted by molar-refractivity contribution is 5.94. The Labute approximate surface area is 207 Å². The molecule has 8 N–H and O–H groups in total. The van der Waals surface area contributed by atoms with E-state index in [1.165, 1.54) is 0 Å². The van der Waals surface area contributed by atoms with Gasteiger partial charge in [0.15, 0.2) is 0 Å². The van der Waals surface area contributed by atoms with Crippen molar-refractivity contribution in [3.05, 3.63) is 35.9 Å². The molecule has 10 heteroatoms. The van der Waals surface area contributed by atoms with Crippen LogP contribution >= 0.6 is 0 Å². The molecule has 1 aromatic carbocycles. The fraction of sp³-hybridized carbons (Fsp3) is 0.600. The van der Waals surface area contributed by atoms with Crippen LogP contribution in [-0.4, -0.2) is 59.5 Å². The van der Waals surface area contributed by atoms with Crippen LogP contribution in [0.15, 0.2) is 30.3 Å². The van der Waals surface area contributed by atoms with Crippen molar-refractivity contribution in [2.45, 2.75) is 77.5 Å². The number of aliphatic carboxylic acids is 1. The van der Waals surface area contributed by atoms with Gasteiger partial charge in [0, 0.05) is 0 Å². The summed E-state index contributed by atoms with van der Waals surface area (Å²) in [7, 11) is 0. The largest absolute Gasteiger partial charge is 0.480 e. The highest BCUT2D eigenvalue weighted by Gasteiger charge is 2.33. The summed E-state index contributed by atoms with van der Waals surface area (Å²) in [5.74, 6) is -3.35. The third kappa shape index (κ3) is 10.4. The van der Waals surface area contributed by atoms with Gasteiger partial charge in [0.25, 0.3) is 0 Å². The summed E-state index contributed by atoms with van der Waals surface area (Å²) in [6.07, 6.45) is 1.75. The standard InChI is InChI=1S/C25H41N5O5/c1-15(2)20(23(32)28-19(25(34)35)12-8-9-13-26)30-24(33)21(16(3)4)29-22(31)18(27)14-17-10-6-5-7-11-17/h5-7,10-11,15-16,18-21H,8-9,12-14,26-27H2,1-4H3,(H,28,32)(H,29,31)(H,30,33)(H,34,35). The van der Waals surface area contributed by atoms with E-state index in [1.807, 2.05) is 30.3 Å². The number of hydrogen-bond acceptors (Lipinski definition) is 6. The molecule has 0 aliphatic rings. The van der Waals surface area contributed by atoms with Crippen molar-refractivity contribution in [3.63, 3.8) is 0 Å². The SMILES string of the molecule is CC(C)C(NC(=O)C(N)Cc1ccccc1)C(=O)NC(C(=O)NC(CCCCN)C(=O)O)C(C)C. The maximum Gasteiger partial charge on any atom is 0.326 e. The zero-order valence-corrected chi connectivity index (χ0v) is 21.1. The van der Waals surface area contributed by atoms with Gasteiger partial charge in [-0.1, -0.05) is 58.0 Å². The van der Waals surface area contributed by atoms with Crippen LogP contribution in [0.25, 0.3) is 0 Å². The predicted octanol–water partition coefficient (Wildman–Crippen LogP) is 0.536. The van der Waals surface area contributed by atoms with Gasteiger partial charge in [-0.2, -0.15) is 0 Å². The summed E-state index contributed by atoms with van der Waals surface area (Å²) in [6.45, 7) is 7.47. The van der Waals surface area contributed by atoms with E-state index in [2.05, 4.69) is 16.0 Å². The molecule has 0 aromatic heterocycles. The van der Waals surface area contributed by atoms with Crippen molar-refractivity contribution in [2.75, 3.05) is 6.54 Å². The van der Waals surface area contributed by atoms with Crippen molar-refractivity contribution < 1.29 is 24.3 Å². The summed E-state index contributed by atoms with van der Waals surface area (Å²) in [6, 6.07) is 5.49. The highest BCUT2D eigenvalue weighted by Crippen LogP contribution is 2.09. The van der Waals surface area contributed by atoms with Crippen LogP contribution in [0.3, 0.4) is 0 Å². The first kappa shape index (κ1) is 30.1. The van der Waals surface area contributed by atoms with Gasteiger partial charge in [0.05, 0.1) is 6.04 Å². The number of rotatable bonds is 15. The topological polar surface area (TPSA) is 177 Å². The van der Waals surface area contributed by atoms with Crippen molar-refractivity contribution in [1.29, 1.82) is 0 Å². The van der Waals surface area contributed by atoms with Gasteiger partial charge in [0.2, 0.25) is 17.7 Å². The number of nitrogens with two attached hydrogens (primary N) is 2. The number of benzene rings is 1. The number of carboxylic acids is 1. The fourth-order valence-electron chi connectivity index (χ4n) is 3.55. The molecule has 0 saturated heterocycles. The molecule has 0 radical (unpaired) electrons. The van der Waals surface area contributed by atoms with E-state index in [0.29, 0.717) is 25.8 Å². The normalized spacial score (nSPS) is 14.6. The molecule has 35 heavy (non-hydrogen) atoms. The van der Waals surface area contributed by atoms with Crippen molar-refractivity contribution >= 4 is 23.7 Å². The Hall–Kier alpha value is -2.98. The van der Waals surface area contributed by atoms with Gasteiger partial charge in [-0.25, -0.2) is 4.79 Å². The monoisotopic (exact) mass is 491 g/mol. The minimum Gasteiger partial charge on any atom is -0.480 e. The van der Waals surface area contributed by atoms with E-state index >= 15 is 0 Å². The van der Waals surface area contributed by atoms with Crippen LogP contribution in [0.5, 0.6) is 0 Å². The second-order valence-corrected chi connectivity index (χ2v) is 9.44. The summed E-state index contributed by atoms with van der Waals surface area (Å²) in [5, 5.41) is 17.3. The first-order valence-electron chi connectivity index (χ1n) is 12.1. The molecule has 0 fully saturated rings. The summed E-state index contributed by atoms with van der Waals surface area (Å²) in [4.78, 5) is 50.2. The van der Waals surface area contributed by atoms with Gasteiger partial charge in [-0.05, 0) is 49.6 Å².